The predicted octanol–water partition coefficient (Wildman–Crippen LogP) is 3.81. The fourth-order valence-corrected chi connectivity index (χ4v) is 3.50. The van der Waals surface area contributed by atoms with Crippen LogP contribution >= 0.6 is 36.2 Å². The average molecular weight is 323 g/mol. The lowest BCUT2D eigenvalue weighted by Crippen LogP contribution is -2.45. The fraction of sp³-hybridized carbons (Fsp3) is 0.571. The molecule has 0 spiro atoms. The van der Waals surface area contributed by atoms with Gasteiger partial charge in [-0.2, -0.15) is 0 Å². The van der Waals surface area contributed by atoms with Crippen LogP contribution in [0, 0.1) is 6.92 Å². The van der Waals surface area contributed by atoms with Gasteiger partial charge in [-0.05, 0) is 37.3 Å². The zero-order valence-corrected chi connectivity index (χ0v) is 14.1. The number of piperazine rings is 1. The van der Waals surface area contributed by atoms with Crippen LogP contribution in [0.2, 0.25) is 0 Å². The van der Waals surface area contributed by atoms with Crippen molar-refractivity contribution in [3.63, 3.8) is 0 Å². The number of halogens is 2. The lowest BCUT2D eigenvalue weighted by atomic mass is 10.0. The molecular formula is C14H24Cl2N2S. The molecule has 5 heteroatoms. The molecule has 0 saturated carbocycles. The standard InChI is InChI=1S/C14H22N2S.2ClH/c1-11(2)10-13(14-12(3)4-9-17-14)16-7-5-15-6-8-16;;/h4,9,13,15H,1,5-8,10H2,2-3H3;2*1H/t13-;;/m0../s1. The van der Waals surface area contributed by atoms with Crippen LogP contribution in [0.4, 0.5) is 0 Å². The van der Waals surface area contributed by atoms with Crippen molar-refractivity contribution in [3.05, 3.63) is 34.0 Å². The monoisotopic (exact) mass is 322 g/mol. The summed E-state index contributed by atoms with van der Waals surface area (Å²) >= 11 is 1.89. The van der Waals surface area contributed by atoms with Crippen LogP contribution in [0.5, 0.6) is 0 Å². The smallest absolute Gasteiger partial charge is 0.0482 e. The van der Waals surface area contributed by atoms with Crippen LogP contribution in [0.1, 0.15) is 29.8 Å². The van der Waals surface area contributed by atoms with Crippen molar-refractivity contribution in [3.8, 4) is 0 Å². The number of hydrogen-bond acceptors (Lipinski definition) is 3. The van der Waals surface area contributed by atoms with Gasteiger partial charge in [-0.25, -0.2) is 0 Å². The minimum atomic E-state index is 0. The molecule has 1 aromatic heterocycles. The normalized spacial score (nSPS) is 17.2. The van der Waals surface area contributed by atoms with E-state index in [1.54, 1.807) is 0 Å². The number of nitrogens with one attached hydrogen (secondary N) is 1. The van der Waals surface area contributed by atoms with Gasteiger partial charge < -0.3 is 5.32 Å². The molecule has 1 N–H and O–H groups in total. The summed E-state index contributed by atoms with van der Waals surface area (Å²) in [5.41, 5.74) is 2.71. The zero-order chi connectivity index (χ0) is 12.3. The Kier molecular flexibility index (Phi) is 8.95. The lowest BCUT2D eigenvalue weighted by Gasteiger charge is -2.35. The average Bonchev–Trinajstić information content (AvgIpc) is 2.73. The third-order valence-corrected chi connectivity index (χ3v) is 4.46. The molecule has 2 heterocycles. The fourth-order valence-electron chi connectivity index (χ4n) is 2.44. The van der Waals surface area contributed by atoms with Crippen LogP contribution in [0.3, 0.4) is 0 Å². The maximum Gasteiger partial charge on any atom is 0.0482 e. The second-order valence-corrected chi connectivity index (χ2v) is 5.88. The highest BCUT2D eigenvalue weighted by Gasteiger charge is 2.24. The minimum absolute atomic E-state index is 0. The summed E-state index contributed by atoms with van der Waals surface area (Å²) < 4.78 is 0. The Bertz CT molecular complexity index is 387. The van der Waals surface area contributed by atoms with Gasteiger partial charge >= 0.3 is 0 Å². The summed E-state index contributed by atoms with van der Waals surface area (Å²) in [6.45, 7) is 13.0. The maximum absolute atomic E-state index is 4.09. The Hall–Kier alpha value is -0.0600. The second-order valence-electron chi connectivity index (χ2n) is 4.93. The summed E-state index contributed by atoms with van der Waals surface area (Å²) in [4.78, 5) is 4.12. The number of rotatable bonds is 4. The maximum atomic E-state index is 4.09. The first-order valence-electron chi connectivity index (χ1n) is 6.31. The molecule has 2 rings (SSSR count). The van der Waals surface area contributed by atoms with Gasteiger partial charge in [0.2, 0.25) is 0 Å². The van der Waals surface area contributed by atoms with Crippen molar-refractivity contribution in [2.75, 3.05) is 26.2 Å². The highest BCUT2D eigenvalue weighted by atomic mass is 35.5. The number of aryl methyl sites for hydroxylation is 1. The van der Waals surface area contributed by atoms with Crippen LogP contribution in [0.25, 0.3) is 0 Å². The Labute approximate surface area is 133 Å². The van der Waals surface area contributed by atoms with E-state index in [0.717, 1.165) is 32.6 Å². The van der Waals surface area contributed by atoms with Crippen LogP contribution in [-0.2, 0) is 0 Å². The molecule has 19 heavy (non-hydrogen) atoms. The third-order valence-electron chi connectivity index (χ3n) is 3.34. The van der Waals surface area contributed by atoms with E-state index in [1.807, 2.05) is 11.3 Å². The molecule has 1 saturated heterocycles. The Morgan fingerprint density at radius 2 is 2.05 bits per heavy atom. The van der Waals surface area contributed by atoms with Gasteiger partial charge in [0, 0.05) is 37.1 Å². The summed E-state index contributed by atoms with van der Waals surface area (Å²) in [5.74, 6) is 0. The van der Waals surface area contributed by atoms with Crippen LogP contribution < -0.4 is 5.32 Å². The highest BCUT2D eigenvalue weighted by Crippen LogP contribution is 2.33. The van der Waals surface area contributed by atoms with E-state index in [1.165, 1.54) is 16.0 Å². The third kappa shape index (κ3) is 5.09. The van der Waals surface area contributed by atoms with Crippen LogP contribution in [-0.4, -0.2) is 31.1 Å². The van der Waals surface area contributed by atoms with E-state index in [4.69, 9.17) is 0 Å². The number of nitrogens with zero attached hydrogens (tertiary/aromatic N) is 1. The molecule has 1 aliphatic rings. The van der Waals surface area contributed by atoms with Crippen LogP contribution in [0.15, 0.2) is 23.6 Å². The van der Waals surface area contributed by atoms with Gasteiger partial charge in [0.1, 0.15) is 0 Å². The van der Waals surface area contributed by atoms with Crippen molar-refractivity contribution >= 4 is 36.2 Å². The number of hydrogen-bond donors (Lipinski definition) is 1. The first kappa shape index (κ1) is 18.9. The molecule has 0 aromatic carbocycles. The Morgan fingerprint density at radius 1 is 1.42 bits per heavy atom. The molecule has 1 atom stereocenters. The summed E-state index contributed by atoms with van der Waals surface area (Å²) in [6.07, 6.45) is 1.08. The molecule has 0 radical (unpaired) electrons. The molecular weight excluding hydrogens is 299 g/mol. The highest BCUT2D eigenvalue weighted by molar-refractivity contribution is 7.10. The molecule has 0 aliphatic carbocycles. The minimum Gasteiger partial charge on any atom is -0.314 e. The Morgan fingerprint density at radius 3 is 2.53 bits per heavy atom. The van der Waals surface area contributed by atoms with E-state index < -0.39 is 0 Å². The summed E-state index contributed by atoms with van der Waals surface area (Å²) in [5, 5.41) is 5.63. The van der Waals surface area contributed by atoms with Gasteiger partial charge in [0.25, 0.3) is 0 Å². The van der Waals surface area contributed by atoms with Gasteiger partial charge in [-0.1, -0.05) is 5.57 Å². The van der Waals surface area contributed by atoms with Crippen molar-refractivity contribution in [2.45, 2.75) is 26.3 Å². The van der Waals surface area contributed by atoms with Crippen molar-refractivity contribution < 1.29 is 0 Å². The van der Waals surface area contributed by atoms with Crippen molar-refractivity contribution in [2.24, 2.45) is 0 Å². The zero-order valence-electron chi connectivity index (χ0n) is 11.6. The van der Waals surface area contributed by atoms with Gasteiger partial charge in [0.15, 0.2) is 0 Å². The van der Waals surface area contributed by atoms with Crippen molar-refractivity contribution in [1.29, 1.82) is 0 Å². The Balaban J connectivity index is 0.00000162. The van der Waals surface area contributed by atoms with Gasteiger partial charge in [-0.3, -0.25) is 4.90 Å². The second kappa shape index (κ2) is 8.98. The van der Waals surface area contributed by atoms with E-state index in [2.05, 4.69) is 42.1 Å². The molecule has 0 amide bonds. The lowest BCUT2D eigenvalue weighted by molar-refractivity contribution is 0.174. The molecule has 1 fully saturated rings. The topological polar surface area (TPSA) is 15.3 Å². The quantitative estimate of drug-likeness (QED) is 0.848. The molecule has 0 bridgehead atoms. The summed E-state index contributed by atoms with van der Waals surface area (Å²) in [7, 11) is 0. The molecule has 1 aromatic rings. The van der Waals surface area contributed by atoms with Gasteiger partial charge in [0.05, 0.1) is 0 Å². The van der Waals surface area contributed by atoms with E-state index in [0.29, 0.717) is 6.04 Å². The van der Waals surface area contributed by atoms with E-state index in [-0.39, 0.29) is 24.8 Å². The largest absolute Gasteiger partial charge is 0.314 e. The molecule has 110 valence electrons. The van der Waals surface area contributed by atoms with E-state index in [9.17, 15) is 0 Å². The molecule has 2 nitrogen and oxygen atoms in total. The van der Waals surface area contributed by atoms with Crippen molar-refractivity contribution in [1.82, 2.24) is 10.2 Å². The first-order valence-corrected chi connectivity index (χ1v) is 7.19. The number of thiophene rings is 1. The SMILES string of the molecule is C=C(C)C[C@@H](c1sccc1C)N1CCNCC1.Cl.Cl. The summed E-state index contributed by atoms with van der Waals surface area (Å²) in [6, 6.07) is 2.77. The van der Waals surface area contributed by atoms with Gasteiger partial charge in [-0.15, -0.1) is 42.7 Å². The first-order chi connectivity index (χ1) is 8.18. The predicted molar refractivity (Wildman–Crippen MR) is 90.2 cm³/mol. The van der Waals surface area contributed by atoms with E-state index >= 15 is 0 Å². The molecule has 0 unspecified atom stereocenters. The molecule has 1 aliphatic heterocycles.